The number of hydrogen-bond donors (Lipinski definition) is 1. The second-order valence-corrected chi connectivity index (χ2v) is 4.63. The highest BCUT2D eigenvalue weighted by Crippen LogP contribution is 2.48. The van der Waals surface area contributed by atoms with Crippen LogP contribution in [0.4, 0.5) is 0 Å². The van der Waals surface area contributed by atoms with Gasteiger partial charge < -0.3 is 14.6 Å². The van der Waals surface area contributed by atoms with Crippen molar-refractivity contribution in [3.8, 4) is 11.5 Å². The Labute approximate surface area is 107 Å². The summed E-state index contributed by atoms with van der Waals surface area (Å²) < 4.78 is 10.7. The van der Waals surface area contributed by atoms with Crippen molar-refractivity contribution in [3.63, 3.8) is 0 Å². The highest BCUT2D eigenvalue weighted by molar-refractivity contribution is 5.84. The molecule has 0 spiro atoms. The molecule has 1 saturated carbocycles. The number of hydrogen-bond acceptors (Lipinski definition) is 3. The first-order valence-electron chi connectivity index (χ1n) is 6.10. The molecule has 0 atom stereocenters. The topological polar surface area (TPSA) is 55.8 Å². The molecule has 0 unspecified atom stereocenters. The van der Waals surface area contributed by atoms with Crippen LogP contribution in [0.5, 0.6) is 11.5 Å². The quantitative estimate of drug-likeness (QED) is 0.892. The molecule has 0 heterocycles. The van der Waals surface area contributed by atoms with E-state index in [4.69, 9.17) is 9.47 Å². The van der Waals surface area contributed by atoms with E-state index in [1.54, 1.807) is 26.4 Å². The van der Waals surface area contributed by atoms with Gasteiger partial charge in [0.25, 0.3) is 0 Å². The molecule has 18 heavy (non-hydrogen) atoms. The van der Waals surface area contributed by atoms with E-state index in [0.29, 0.717) is 29.9 Å². The summed E-state index contributed by atoms with van der Waals surface area (Å²) in [5.74, 6) is 0.403. The van der Waals surface area contributed by atoms with E-state index in [9.17, 15) is 9.90 Å². The third-order valence-electron chi connectivity index (χ3n) is 3.77. The largest absolute Gasteiger partial charge is 0.496 e. The SMILES string of the molecule is COc1cccc(OC)c1C1(C(=O)O)CCCC1. The smallest absolute Gasteiger partial charge is 0.314 e. The van der Waals surface area contributed by atoms with Crippen molar-refractivity contribution in [2.75, 3.05) is 14.2 Å². The third-order valence-corrected chi connectivity index (χ3v) is 3.77. The monoisotopic (exact) mass is 250 g/mol. The minimum atomic E-state index is -0.863. The summed E-state index contributed by atoms with van der Waals surface area (Å²) >= 11 is 0. The van der Waals surface area contributed by atoms with Crippen molar-refractivity contribution in [1.82, 2.24) is 0 Å². The van der Waals surface area contributed by atoms with Gasteiger partial charge in [0.05, 0.1) is 25.2 Å². The molecule has 2 rings (SSSR count). The standard InChI is InChI=1S/C14H18O4/c1-17-10-6-5-7-11(18-2)12(10)14(13(15)16)8-3-4-9-14/h5-7H,3-4,8-9H2,1-2H3,(H,15,16). The lowest BCUT2D eigenvalue weighted by atomic mass is 9.78. The van der Waals surface area contributed by atoms with Crippen molar-refractivity contribution in [1.29, 1.82) is 0 Å². The van der Waals surface area contributed by atoms with E-state index in [-0.39, 0.29) is 0 Å². The van der Waals surface area contributed by atoms with Gasteiger partial charge in [0.2, 0.25) is 0 Å². The van der Waals surface area contributed by atoms with Crippen molar-refractivity contribution >= 4 is 5.97 Å². The summed E-state index contributed by atoms with van der Waals surface area (Å²) in [7, 11) is 3.12. The van der Waals surface area contributed by atoms with Crippen LogP contribution in [-0.2, 0) is 10.2 Å². The molecular formula is C14H18O4. The molecule has 98 valence electrons. The van der Waals surface area contributed by atoms with E-state index in [1.807, 2.05) is 6.07 Å². The lowest BCUT2D eigenvalue weighted by Gasteiger charge is -2.28. The zero-order chi connectivity index (χ0) is 13.2. The van der Waals surface area contributed by atoms with Gasteiger partial charge in [-0.2, -0.15) is 0 Å². The summed E-state index contributed by atoms with van der Waals surface area (Å²) in [5, 5.41) is 9.65. The van der Waals surface area contributed by atoms with Gasteiger partial charge in [-0.05, 0) is 25.0 Å². The third kappa shape index (κ3) is 1.82. The first kappa shape index (κ1) is 12.7. The number of aliphatic carboxylic acids is 1. The van der Waals surface area contributed by atoms with Gasteiger partial charge in [-0.15, -0.1) is 0 Å². The van der Waals surface area contributed by atoms with Gasteiger partial charge in [0.15, 0.2) is 0 Å². The minimum absolute atomic E-state index is 0.596. The number of carboxylic acids is 1. The van der Waals surface area contributed by atoms with Crippen molar-refractivity contribution in [3.05, 3.63) is 23.8 Å². The number of ether oxygens (including phenoxy) is 2. The molecule has 0 amide bonds. The predicted octanol–water partition coefficient (Wildman–Crippen LogP) is 2.60. The van der Waals surface area contributed by atoms with Crippen LogP contribution in [0.3, 0.4) is 0 Å². The second kappa shape index (κ2) is 4.88. The van der Waals surface area contributed by atoms with Gasteiger partial charge in [0.1, 0.15) is 11.5 Å². The molecule has 1 aromatic rings. The molecule has 1 aliphatic rings. The Bertz CT molecular complexity index is 425. The Kier molecular flexibility index (Phi) is 3.45. The van der Waals surface area contributed by atoms with Crippen molar-refractivity contribution in [2.45, 2.75) is 31.1 Å². The Morgan fingerprint density at radius 2 is 1.67 bits per heavy atom. The maximum atomic E-state index is 11.7. The molecule has 1 N–H and O–H groups in total. The molecule has 1 aliphatic carbocycles. The van der Waals surface area contributed by atoms with Gasteiger partial charge in [-0.25, -0.2) is 0 Å². The number of carbonyl (C=O) groups is 1. The average molecular weight is 250 g/mol. The van der Waals surface area contributed by atoms with Crippen LogP contribution in [0.15, 0.2) is 18.2 Å². The Morgan fingerprint density at radius 3 is 2.06 bits per heavy atom. The summed E-state index contributed by atoms with van der Waals surface area (Å²) in [5.41, 5.74) is -0.183. The maximum Gasteiger partial charge on any atom is 0.314 e. The Morgan fingerprint density at radius 1 is 1.17 bits per heavy atom. The first-order valence-corrected chi connectivity index (χ1v) is 6.10. The molecule has 0 aromatic heterocycles. The fourth-order valence-corrected chi connectivity index (χ4v) is 2.87. The molecule has 4 heteroatoms. The van der Waals surface area contributed by atoms with Crippen LogP contribution in [0.25, 0.3) is 0 Å². The van der Waals surface area contributed by atoms with Crippen LogP contribution in [0.1, 0.15) is 31.2 Å². The normalized spacial score (nSPS) is 17.4. The van der Waals surface area contributed by atoms with E-state index in [2.05, 4.69) is 0 Å². The zero-order valence-electron chi connectivity index (χ0n) is 10.7. The second-order valence-electron chi connectivity index (χ2n) is 4.63. The number of benzene rings is 1. The molecule has 0 bridgehead atoms. The highest BCUT2D eigenvalue weighted by atomic mass is 16.5. The minimum Gasteiger partial charge on any atom is -0.496 e. The van der Waals surface area contributed by atoms with Gasteiger partial charge in [0, 0.05) is 0 Å². The zero-order valence-corrected chi connectivity index (χ0v) is 10.7. The van der Waals surface area contributed by atoms with E-state index in [0.717, 1.165) is 12.8 Å². The van der Waals surface area contributed by atoms with E-state index in [1.165, 1.54) is 0 Å². The first-order chi connectivity index (χ1) is 8.65. The van der Waals surface area contributed by atoms with Crippen LogP contribution in [0.2, 0.25) is 0 Å². The molecule has 0 saturated heterocycles. The lowest BCUT2D eigenvalue weighted by molar-refractivity contribution is -0.143. The number of methoxy groups -OCH3 is 2. The Hall–Kier alpha value is -1.71. The van der Waals surface area contributed by atoms with Crippen LogP contribution in [-0.4, -0.2) is 25.3 Å². The van der Waals surface area contributed by atoms with Crippen LogP contribution >= 0.6 is 0 Å². The fraction of sp³-hybridized carbons (Fsp3) is 0.500. The summed E-state index contributed by atoms with van der Waals surface area (Å²) in [6, 6.07) is 5.40. The van der Waals surface area contributed by atoms with E-state index < -0.39 is 11.4 Å². The summed E-state index contributed by atoms with van der Waals surface area (Å²) in [6.45, 7) is 0. The maximum absolute atomic E-state index is 11.7. The van der Waals surface area contributed by atoms with Crippen LogP contribution in [0, 0.1) is 0 Å². The molecule has 1 fully saturated rings. The predicted molar refractivity (Wildman–Crippen MR) is 67.3 cm³/mol. The van der Waals surface area contributed by atoms with Crippen molar-refractivity contribution < 1.29 is 19.4 Å². The Balaban J connectivity index is 2.63. The molecule has 1 aromatic carbocycles. The van der Waals surface area contributed by atoms with Crippen molar-refractivity contribution in [2.24, 2.45) is 0 Å². The van der Waals surface area contributed by atoms with Gasteiger partial charge >= 0.3 is 5.97 Å². The molecule has 4 nitrogen and oxygen atoms in total. The van der Waals surface area contributed by atoms with Gasteiger partial charge in [-0.1, -0.05) is 18.9 Å². The number of carboxylic acid groups (broad SMARTS) is 1. The molecule has 0 aliphatic heterocycles. The lowest BCUT2D eigenvalue weighted by Crippen LogP contribution is -2.33. The summed E-state index contributed by atoms with van der Waals surface area (Å²) in [4.78, 5) is 11.7. The fourth-order valence-electron chi connectivity index (χ4n) is 2.87. The van der Waals surface area contributed by atoms with E-state index >= 15 is 0 Å². The summed E-state index contributed by atoms with van der Waals surface area (Å²) in [6.07, 6.45) is 3.12. The highest BCUT2D eigenvalue weighted by Gasteiger charge is 2.46. The number of rotatable bonds is 4. The molecular weight excluding hydrogens is 232 g/mol. The average Bonchev–Trinajstić information content (AvgIpc) is 2.88. The molecule has 0 radical (unpaired) electrons. The van der Waals surface area contributed by atoms with Crippen LogP contribution < -0.4 is 9.47 Å². The van der Waals surface area contributed by atoms with Gasteiger partial charge in [-0.3, -0.25) is 4.79 Å².